The van der Waals surface area contributed by atoms with E-state index in [2.05, 4.69) is 0 Å². The molecule has 1 atom stereocenters. The SMILES string of the molecule is COc1cc(Cl)ccc1S(=O)(=O)N1CCCCC1C(=O)O. The number of hydrogen-bond acceptors (Lipinski definition) is 4. The highest BCUT2D eigenvalue weighted by molar-refractivity contribution is 7.89. The Kier molecular flexibility index (Phi) is 4.75. The summed E-state index contributed by atoms with van der Waals surface area (Å²) in [6, 6.07) is 3.14. The van der Waals surface area contributed by atoms with E-state index in [1.54, 1.807) is 0 Å². The van der Waals surface area contributed by atoms with E-state index >= 15 is 0 Å². The van der Waals surface area contributed by atoms with Gasteiger partial charge in [-0.3, -0.25) is 4.79 Å². The summed E-state index contributed by atoms with van der Waals surface area (Å²) in [7, 11) is -2.60. The maximum absolute atomic E-state index is 12.7. The van der Waals surface area contributed by atoms with Crippen LogP contribution in [0.25, 0.3) is 0 Å². The molecule has 1 aliphatic rings. The predicted octanol–water partition coefficient (Wildman–Crippen LogP) is 1.98. The van der Waals surface area contributed by atoms with Crippen molar-refractivity contribution in [2.24, 2.45) is 0 Å². The third kappa shape index (κ3) is 3.14. The van der Waals surface area contributed by atoms with E-state index in [4.69, 9.17) is 16.3 Å². The summed E-state index contributed by atoms with van der Waals surface area (Å²) in [4.78, 5) is 11.2. The third-order valence-corrected chi connectivity index (χ3v) is 5.63. The first-order valence-corrected chi connectivity index (χ1v) is 8.28. The Balaban J connectivity index is 2.48. The summed E-state index contributed by atoms with van der Waals surface area (Å²) in [5.41, 5.74) is 0. The second-order valence-corrected chi connectivity index (χ2v) is 7.06. The Bertz CT molecular complexity index is 646. The molecule has 8 heteroatoms. The standard InChI is InChI=1S/C13H16ClNO5S/c1-20-11-8-9(14)5-6-12(11)21(18,19)15-7-3-2-4-10(15)13(16)17/h5-6,8,10H,2-4,7H2,1H3,(H,16,17). The largest absolute Gasteiger partial charge is 0.495 e. The first-order valence-electron chi connectivity index (χ1n) is 6.46. The number of hydrogen-bond donors (Lipinski definition) is 1. The van der Waals surface area contributed by atoms with Gasteiger partial charge in [-0.1, -0.05) is 11.6 Å². The van der Waals surface area contributed by atoms with Crippen LogP contribution in [-0.2, 0) is 14.8 Å². The van der Waals surface area contributed by atoms with Crippen LogP contribution in [0.3, 0.4) is 0 Å². The van der Waals surface area contributed by atoms with E-state index < -0.39 is 22.0 Å². The van der Waals surface area contributed by atoms with E-state index in [1.165, 1.54) is 25.3 Å². The van der Waals surface area contributed by atoms with Crippen molar-refractivity contribution < 1.29 is 23.1 Å². The fraction of sp³-hybridized carbons (Fsp3) is 0.462. The summed E-state index contributed by atoms with van der Waals surface area (Å²) >= 11 is 5.83. The highest BCUT2D eigenvalue weighted by atomic mass is 35.5. The highest BCUT2D eigenvalue weighted by Crippen LogP contribution is 2.32. The van der Waals surface area contributed by atoms with Crippen LogP contribution in [0.15, 0.2) is 23.1 Å². The zero-order chi connectivity index (χ0) is 15.6. The van der Waals surface area contributed by atoms with Crippen LogP contribution in [0.4, 0.5) is 0 Å². The van der Waals surface area contributed by atoms with E-state index in [-0.39, 0.29) is 17.2 Å². The van der Waals surface area contributed by atoms with Gasteiger partial charge in [-0.15, -0.1) is 0 Å². The number of aliphatic carboxylic acids is 1. The fourth-order valence-corrected chi connectivity index (χ4v) is 4.37. The van der Waals surface area contributed by atoms with Gasteiger partial charge in [0.1, 0.15) is 16.7 Å². The molecular formula is C13H16ClNO5S. The van der Waals surface area contributed by atoms with Crippen molar-refractivity contribution in [3.8, 4) is 5.75 Å². The Labute approximate surface area is 128 Å². The number of rotatable bonds is 4. The molecule has 6 nitrogen and oxygen atoms in total. The third-order valence-electron chi connectivity index (χ3n) is 3.45. The Morgan fingerprint density at radius 1 is 1.43 bits per heavy atom. The number of carboxylic acids is 1. The zero-order valence-electron chi connectivity index (χ0n) is 11.5. The predicted molar refractivity (Wildman–Crippen MR) is 77.2 cm³/mol. The Morgan fingerprint density at radius 2 is 2.14 bits per heavy atom. The van der Waals surface area contributed by atoms with Crippen LogP contribution in [-0.4, -0.2) is 43.5 Å². The van der Waals surface area contributed by atoms with Crippen LogP contribution < -0.4 is 4.74 Å². The molecule has 21 heavy (non-hydrogen) atoms. The van der Waals surface area contributed by atoms with Gasteiger partial charge in [-0.2, -0.15) is 4.31 Å². The minimum absolute atomic E-state index is 0.0671. The molecule has 0 spiro atoms. The van der Waals surface area contributed by atoms with Gasteiger partial charge in [0.25, 0.3) is 0 Å². The molecule has 1 saturated heterocycles. The summed E-state index contributed by atoms with van der Waals surface area (Å²) < 4.78 is 31.6. The number of carbonyl (C=O) groups is 1. The quantitative estimate of drug-likeness (QED) is 0.910. The van der Waals surface area contributed by atoms with Gasteiger partial charge >= 0.3 is 5.97 Å². The van der Waals surface area contributed by atoms with Gasteiger partial charge in [0.15, 0.2) is 0 Å². The zero-order valence-corrected chi connectivity index (χ0v) is 13.0. The van der Waals surface area contributed by atoms with Gasteiger partial charge in [0, 0.05) is 17.6 Å². The molecule has 1 unspecified atom stereocenters. The molecule has 1 aromatic rings. The fourth-order valence-electron chi connectivity index (χ4n) is 2.42. The lowest BCUT2D eigenvalue weighted by atomic mass is 10.1. The van der Waals surface area contributed by atoms with Crippen molar-refractivity contribution in [3.63, 3.8) is 0 Å². The van der Waals surface area contributed by atoms with Gasteiger partial charge < -0.3 is 9.84 Å². The number of benzene rings is 1. The van der Waals surface area contributed by atoms with Crippen molar-refractivity contribution >= 4 is 27.6 Å². The average molecular weight is 334 g/mol. The Morgan fingerprint density at radius 3 is 2.76 bits per heavy atom. The second-order valence-electron chi connectivity index (χ2n) is 4.76. The average Bonchev–Trinajstić information content (AvgIpc) is 2.46. The number of halogens is 1. The van der Waals surface area contributed by atoms with Gasteiger partial charge in [-0.25, -0.2) is 8.42 Å². The molecule has 0 bridgehead atoms. The van der Waals surface area contributed by atoms with Crippen LogP contribution in [0.2, 0.25) is 5.02 Å². The maximum atomic E-state index is 12.7. The molecule has 0 saturated carbocycles. The van der Waals surface area contributed by atoms with Gasteiger partial charge in [0.05, 0.1) is 7.11 Å². The van der Waals surface area contributed by atoms with Crippen molar-refractivity contribution in [1.82, 2.24) is 4.31 Å². The van der Waals surface area contributed by atoms with Crippen molar-refractivity contribution in [2.75, 3.05) is 13.7 Å². The number of ether oxygens (including phenoxy) is 1. The molecule has 0 aromatic heterocycles. The van der Waals surface area contributed by atoms with Crippen LogP contribution in [0.1, 0.15) is 19.3 Å². The molecule has 0 aliphatic carbocycles. The molecule has 1 fully saturated rings. The molecular weight excluding hydrogens is 318 g/mol. The van der Waals surface area contributed by atoms with E-state index in [9.17, 15) is 18.3 Å². The van der Waals surface area contributed by atoms with Crippen molar-refractivity contribution in [1.29, 1.82) is 0 Å². The molecule has 0 amide bonds. The molecule has 2 rings (SSSR count). The number of nitrogens with zero attached hydrogens (tertiary/aromatic N) is 1. The van der Waals surface area contributed by atoms with Crippen LogP contribution in [0.5, 0.6) is 5.75 Å². The monoisotopic (exact) mass is 333 g/mol. The van der Waals surface area contributed by atoms with Gasteiger partial charge in [0.2, 0.25) is 10.0 Å². The molecule has 1 heterocycles. The molecule has 1 aliphatic heterocycles. The Hall–Kier alpha value is -1.31. The van der Waals surface area contributed by atoms with Crippen LogP contribution in [0, 0.1) is 0 Å². The van der Waals surface area contributed by atoms with E-state index in [0.717, 1.165) is 4.31 Å². The number of carboxylic acid groups (broad SMARTS) is 1. The van der Waals surface area contributed by atoms with Crippen molar-refractivity contribution in [3.05, 3.63) is 23.2 Å². The summed E-state index contributed by atoms with van der Waals surface area (Å²) in [6.45, 7) is 0.186. The minimum Gasteiger partial charge on any atom is -0.495 e. The lowest BCUT2D eigenvalue weighted by Gasteiger charge is -2.32. The van der Waals surface area contributed by atoms with Crippen molar-refractivity contribution in [2.45, 2.75) is 30.2 Å². The maximum Gasteiger partial charge on any atom is 0.322 e. The molecule has 1 aromatic carbocycles. The van der Waals surface area contributed by atoms with Gasteiger partial charge in [-0.05, 0) is 31.4 Å². The number of sulfonamides is 1. The smallest absolute Gasteiger partial charge is 0.322 e. The minimum atomic E-state index is -3.95. The normalized spacial score (nSPS) is 20.2. The van der Waals surface area contributed by atoms with E-state index in [0.29, 0.717) is 24.3 Å². The first-order chi connectivity index (χ1) is 9.87. The van der Waals surface area contributed by atoms with Crippen LogP contribution >= 0.6 is 11.6 Å². The highest BCUT2D eigenvalue weighted by Gasteiger charge is 2.38. The lowest BCUT2D eigenvalue weighted by Crippen LogP contribution is -2.47. The lowest BCUT2D eigenvalue weighted by molar-refractivity contribution is -0.142. The van der Waals surface area contributed by atoms with E-state index in [1.807, 2.05) is 0 Å². The number of methoxy groups -OCH3 is 1. The second kappa shape index (κ2) is 6.21. The molecule has 0 radical (unpaired) electrons. The molecule has 116 valence electrons. The molecule has 1 N–H and O–H groups in total. The summed E-state index contributed by atoms with van der Waals surface area (Å²) in [6.07, 6.45) is 1.64. The number of piperidine rings is 1. The summed E-state index contributed by atoms with van der Waals surface area (Å²) in [5, 5.41) is 9.58. The first kappa shape index (κ1) is 16.1. The topological polar surface area (TPSA) is 83.9 Å². The summed E-state index contributed by atoms with van der Waals surface area (Å²) in [5.74, 6) is -1.02.